The zero-order chi connectivity index (χ0) is 9.14. The summed E-state index contributed by atoms with van der Waals surface area (Å²) in [7, 11) is 0. The van der Waals surface area contributed by atoms with Crippen molar-refractivity contribution in [3.05, 3.63) is 38.6 Å². The van der Waals surface area contributed by atoms with Crippen LogP contribution < -0.4 is 5.73 Å². The molecule has 0 bridgehead atoms. The third-order valence-corrected chi connectivity index (χ3v) is 2.98. The van der Waals surface area contributed by atoms with E-state index in [4.69, 9.17) is 23.9 Å². The van der Waals surface area contributed by atoms with Gasteiger partial charge in [-0.2, -0.15) is 0 Å². The van der Waals surface area contributed by atoms with E-state index in [1.165, 1.54) is 0 Å². The average molecular weight is 246 g/mol. The summed E-state index contributed by atoms with van der Waals surface area (Å²) in [6, 6.07) is 3.50. The van der Waals surface area contributed by atoms with Crippen LogP contribution in [-0.2, 0) is 6.54 Å². The Bertz CT molecular complexity index is 344. The SMILES string of the molecule is [C-]#[N+]Cc1ccc(N)c(Cl)c1Br. The molecule has 0 saturated heterocycles. The number of nitrogens with two attached hydrogens (primary N) is 1. The van der Waals surface area contributed by atoms with Gasteiger partial charge in [0.2, 0.25) is 6.54 Å². The van der Waals surface area contributed by atoms with E-state index in [-0.39, 0.29) is 0 Å². The highest BCUT2D eigenvalue weighted by molar-refractivity contribution is 9.10. The molecule has 0 aliphatic rings. The molecule has 0 fully saturated rings. The van der Waals surface area contributed by atoms with Gasteiger partial charge in [-0.1, -0.05) is 11.6 Å². The van der Waals surface area contributed by atoms with Crippen LogP contribution in [0.2, 0.25) is 5.02 Å². The lowest BCUT2D eigenvalue weighted by Gasteiger charge is -2.02. The van der Waals surface area contributed by atoms with Gasteiger partial charge in [0, 0.05) is 10.0 Å². The maximum atomic E-state index is 6.69. The fourth-order valence-corrected chi connectivity index (χ4v) is 1.48. The minimum absolute atomic E-state index is 0.320. The van der Waals surface area contributed by atoms with Gasteiger partial charge in [0.05, 0.1) is 10.7 Å². The van der Waals surface area contributed by atoms with Crippen molar-refractivity contribution in [3.8, 4) is 0 Å². The lowest BCUT2D eigenvalue weighted by atomic mass is 10.2. The molecule has 12 heavy (non-hydrogen) atoms. The first kappa shape index (κ1) is 9.37. The van der Waals surface area contributed by atoms with Crippen LogP contribution in [0.1, 0.15) is 5.56 Å². The molecule has 1 aromatic rings. The number of rotatable bonds is 1. The summed E-state index contributed by atoms with van der Waals surface area (Å²) in [6.45, 7) is 7.01. The monoisotopic (exact) mass is 244 g/mol. The topological polar surface area (TPSA) is 30.4 Å². The van der Waals surface area contributed by atoms with Gasteiger partial charge in [-0.15, -0.1) is 0 Å². The smallest absolute Gasteiger partial charge is 0.240 e. The van der Waals surface area contributed by atoms with Gasteiger partial charge in [-0.25, -0.2) is 6.57 Å². The first-order chi connectivity index (χ1) is 5.66. The van der Waals surface area contributed by atoms with Crippen molar-refractivity contribution >= 4 is 33.2 Å². The predicted octanol–water partition coefficient (Wildman–Crippen LogP) is 3.10. The average Bonchev–Trinajstić information content (AvgIpc) is 2.07. The highest BCUT2D eigenvalue weighted by Gasteiger charge is 2.08. The van der Waals surface area contributed by atoms with Crippen molar-refractivity contribution in [2.75, 3.05) is 5.73 Å². The van der Waals surface area contributed by atoms with Crippen LogP contribution in [0.25, 0.3) is 4.85 Å². The minimum Gasteiger partial charge on any atom is -0.397 e. The number of hydrogen-bond acceptors (Lipinski definition) is 1. The van der Waals surface area contributed by atoms with Gasteiger partial charge < -0.3 is 10.6 Å². The van der Waals surface area contributed by atoms with Gasteiger partial charge >= 0.3 is 0 Å². The van der Waals surface area contributed by atoms with Crippen LogP contribution in [-0.4, -0.2) is 0 Å². The zero-order valence-corrected chi connectivity index (χ0v) is 8.48. The second-order valence-electron chi connectivity index (χ2n) is 2.26. The molecule has 0 saturated carbocycles. The maximum Gasteiger partial charge on any atom is 0.240 e. The van der Waals surface area contributed by atoms with E-state index in [1.807, 2.05) is 0 Å². The van der Waals surface area contributed by atoms with Crippen molar-refractivity contribution in [1.82, 2.24) is 0 Å². The van der Waals surface area contributed by atoms with Crippen molar-refractivity contribution in [1.29, 1.82) is 0 Å². The van der Waals surface area contributed by atoms with Gasteiger partial charge in [0.1, 0.15) is 0 Å². The van der Waals surface area contributed by atoms with E-state index in [2.05, 4.69) is 20.8 Å². The van der Waals surface area contributed by atoms with Crippen LogP contribution in [0.3, 0.4) is 0 Å². The minimum atomic E-state index is 0.320. The molecule has 0 radical (unpaired) electrons. The molecular formula is C8H6BrClN2. The molecule has 0 aliphatic heterocycles. The first-order valence-electron chi connectivity index (χ1n) is 3.22. The van der Waals surface area contributed by atoms with Crippen LogP contribution in [0, 0.1) is 6.57 Å². The fraction of sp³-hybridized carbons (Fsp3) is 0.125. The molecule has 0 aliphatic carbocycles. The largest absolute Gasteiger partial charge is 0.397 e. The number of halogens is 2. The van der Waals surface area contributed by atoms with Gasteiger partial charge in [0.15, 0.2) is 0 Å². The zero-order valence-electron chi connectivity index (χ0n) is 6.14. The number of nitrogen functional groups attached to an aromatic ring is 1. The summed E-state index contributed by atoms with van der Waals surface area (Å²) < 4.78 is 0.722. The van der Waals surface area contributed by atoms with Gasteiger partial charge in [0.25, 0.3) is 0 Å². The van der Waals surface area contributed by atoms with Crippen molar-refractivity contribution in [2.24, 2.45) is 0 Å². The van der Waals surface area contributed by atoms with Crippen molar-refractivity contribution in [3.63, 3.8) is 0 Å². The molecule has 0 spiro atoms. The molecule has 4 heteroatoms. The Kier molecular flexibility index (Phi) is 2.96. The van der Waals surface area contributed by atoms with E-state index in [9.17, 15) is 0 Å². The lowest BCUT2D eigenvalue weighted by Crippen LogP contribution is -1.90. The standard InChI is InChI=1S/C8H6BrClN2/c1-12-4-5-2-3-6(11)8(10)7(5)9/h2-3H,4,11H2. The Morgan fingerprint density at radius 1 is 1.58 bits per heavy atom. The normalized spacial score (nSPS) is 9.42. The summed E-state index contributed by atoms with van der Waals surface area (Å²) >= 11 is 9.12. The fourth-order valence-electron chi connectivity index (χ4n) is 0.812. The van der Waals surface area contributed by atoms with Gasteiger partial charge in [-0.3, -0.25) is 0 Å². The number of benzene rings is 1. The Labute approximate surface area is 84.3 Å². The molecular weight excluding hydrogens is 239 g/mol. The Balaban J connectivity index is 3.19. The third kappa shape index (κ3) is 1.71. The lowest BCUT2D eigenvalue weighted by molar-refractivity contribution is 1.25. The molecule has 0 heterocycles. The van der Waals surface area contributed by atoms with E-state index in [0.29, 0.717) is 17.3 Å². The van der Waals surface area contributed by atoms with Crippen LogP contribution in [0.5, 0.6) is 0 Å². The summed E-state index contributed by atoms with van der Waals surface area (Å²) in [5, 5.41) is 0.483. The Hall–Kier alpha value is -0.720. The summed E-state index contributed by atoms with van der Waals surface area (Å²) in [5.41, 5.74) is 6.94. The molecule has 0 unspecified atom stereocenters. The molecule has 1 aromatic carbocycles. The highest BCUT2D eigenvalue weighted by atomic mass is 79.9. The summed E-state index contributed by atoms with van der Waals surface area (Å²) in [4.78, 5) is 3.26. The van der Waals surface area contributed by atoms with Gasteiger partial charge in [-0.05, 0) is 28.1 Å². The van der Waals surface area contributed by atoms with E-state index >= 15 is 0 Å². The maximum absolute atomic E-state index is 6.69. The third-order valence-electron chi connectivity index (χ3n) is 1.44. The van der Waals surface area contributed by atoms with E-state index in [0.717, 1.165) is 10.0 Å². The highest BCUT2D eigenvalue weighted by Crippen LogP contribution is 2.31. The molecule has 1 rings (SSSR count). The Morgan fingerprint density at radius 3 is 2.83 bits per heavy atom. The molecule has 62 valence electrons. The van der Waals surface area contributed by atoms with Crippen LogP contribution in [0.15, 0.2) is 16.6 Å². The Morgan fingerprint density at radius 2 is 2.25 bits per heavy atom. The molecule has 2 N–H and O–H groups in total. The number of nitrogens with zero attached hydrogens (tertiary/aromatic N) is 1. The van der Waals surface area contributed by atoms with Crippen molar-refractivity contribution < 1.29 is 0 Å². The van der Waals surface area contributed by atoms with Crippen molar-refractivity contribution in [2.45, 2.75) is 6.54 Å². The first-order valence-corrected chi connectivity index (χ1v) is 4.39. The van der Waals surface area contributed by atoms with E-state index in [1.54, 1.807) is 12.1 Å². The van der Waals surface area contributed by atoms with Crippen LogP contribution >= 0.6 is 27.5 Å². The quantitative estimate of drug-likeness (QED) is 0.598. The molecule has 0 aromatic heterocycles. The molecule has 0 atom stereocenters. The van der Waals surface area contributed by atoms with E-state index < -0.39 is 0 Å². The van der Waals surface area contributed by atoms with Crippen LogP contribution in [0.4, 0.5) is 5.69 Å². The summed E-state index contributed by atoms with van der Waals surface area (Å²) in [6.07, 6.45) is 0. The summed E-state index contributed by atoms with van der Waals surface area (Å²) in [5.74, 6) is 0. The predicted molar refractivity (Wildman–Crippen MR) is 53.9 cm³/mol. The molecule has 0 amide bonds. The number of anilines is 1. The second kappa shape index (κ2) is 3.79. The number of hydrogen-bond donors (Lipinski definition) is 1. The second-order valence-corrected chi connectivity index (χ2v) is 3.43. The molecule has 2 nitrogen and oxygen atoms in total.